The molecule has 0 saturated carbocycles. The Morgan fingerprint density at radius 1 is 1.16 bits per heavy atom. The van der Waals surface area contributed by atoms with Crippen molar-refractivity contribution in [3.8, 4) is 17.4 Å². The minimum atomic E-state index is -0.336. The topological polar surface area (TPSA) is 109 Å². The summed E-state index contributed by atoms with van der Waals surface area (Å²) in [6.07, 6.45) is 2.90. The number of carbonyl (C=O) groups excluding carboxylic acids is 2. The van der Waals surface area contributed by atoms with Crippen LogP contribution in [-0.4, -0.2) is 71.9 Å². The fourth-order valence-electron chi connectivity index (χ4n) is 3.84. The fourth-order valence-corrected chi connectivity index (χ4v) is 3.97. The molecule has 1 aliphatic heterocycles. The van der Waals surface area contributed by atoms with Gasteiger partial charge in [-0.1, -0.05) is 30.3 Å². The van der Waals surface area contributed by atoms with Crippen molar-refractivity contribution in [2.75, 3.05) is 51.0 Å². The van der Waals surface area contributed by atoms with Crippen molar-refractivity contribution in [3.63, 3.8) is 0 Å². The van der Waals surface area contributed by atoms with Crippen LogP contribution in [0.2, 0.25) is 5.02 Å². The van der Waals surface area contributed by atoms with Gasteiger partial charge in [-0.25, -0.2) is 4.98 Å². The number of amides is 2. The summed E-state index contributed by atoms with van der Waals surface area (Å²) in [6.45, 7) is 6.66. The number of nitrogens with zero attached hydrogens (tertiary/aromatic N) is 4. The van der Waals surface area contributed by atoms with Crippen molar-refractivity contribution < 1.29 is 19.1 Å². The van der Waals surface area contributed by atoms with Crippen LogP contribution in [0.1, 0.15) is 5.56 Å². The summed E-state index contributed by atoms with van der Waals surface area (Å²) in [5.74, 6) is 1.09. The standard InChI is InChI=1S/C27H29ClN6O4/c1-4-24(35)30-19-6-5-7-20(16-19)38-26-21(28)17-29-27(32-26)31-22-9-8-18(14-23(22)37-3)15-25(36)34-12-10-33(2)11-13-34/h4-9,14,16-17H,1,10-13,15H2,2-3H3,(H,30,35)(H,29,31,32). The number of benzene rings is 2. The Hall–Kier alpha value is -4.15. The monoisotopic (exact) mass is 536 g/mol. The molecule has 0 unspecified atom stereocenters. The number of aromatic nitrogens is 2. The highest BCUT2D eigenvalue weighted by Gasteiger charge is 2.20. The van der Waals surface area contributed by atoms with E-state index in [-0.39, 0.29) is 28.7 Å². The average molecular weight is 537 g/mol. The molecule has 1 saturated heterocycles. The summed E-state index contributed by atoms with van der Waals surface area (Å²) in [4.78, 5) is 37.0. The maximum Gasteiger partial charge on any atom is 0.247 e. The van der Waals surface area contributed by atoms with E-state index in [2.05, 4.69) is 39.1 Å². The molecule has 11 heteroatoms. The summed E-state index contributed by atoms with van der Waals surface area (Å²) < 4.78 is 11.4. The lowest BCUT2D eigenvalue weighted by Gasteiger charge is -2.32. The molecule has 2 heterocycles. The number of piperazine rings is 1. The van der Waals surface area contributed by atoms with Crippen LogP contribution in [0.25, 0.3) is 0 Å². The molecule has 0 atom stereocenters. The average Bonchev–Trinajstić information content (AvgIpc) is 2.91. The smallest absolute Gasteiger partial charge is 0.247 e. The molecule has 0 spiro atoms. The number of likely N-dealkylation sites (N-methyl/N-ethyl adjacent to an activating group) is 1. The SMILES string of the molecule is C=CC(=O)Nc1cccc(Oc2nc(Nc3ccc(CC(=O)N4CCN(C)CC4)cc3OC)ncc2Cl)c1. The molecule has 0 bridgehead atoms. The molecule has 4 rings (SSSR count). The van der Waals surface area contributed by atoms with Crippen molar-refractivity contribution in [1.29, 1.82) is 0 Å². The molecule has 1 aliphatic rings. The number of methoxy groups -OCH3 is 1. The van der Waals surface area contributed by atoms with E-state index in [0.29, 0.717) is 29.3 Å². The second kappa shape index (κ2) is 12.4. The third-order valence-electron chi connectivity index (χ3n) is 5.94. The highest BCUT2D eigenvalue weighted by Crippen LogP contribution is 2.32. The van der Waals surface area contributed by atoms with Crippen LogP contribution in [-0.2, 0) is 16.0 Å². The molecule has 1 aromatic heterocycles. The largest absolute Gasteiger partial charge is 0.495 e. The van der Waals surface area contributed by atoms with E-state index in [4.69, 9.17) is 21.1 Å². The van der Waals surface area contributed by atoms with E-state index in [1.54, 1.807) is 31.4 Å². The summed E-state index contributed by atoms with van der Waals surface area (Å²) in [6, 6.07) is 12.3. The molecular weight excluding hydrogens is 508 g/mol. The lowest BCUT2D eigenvalue weighted by molar-refractivity contribution is -0.132. The van der Waals surface area contributed by atoms with Crippen LogP contribution in [0.15, 0.2) is 61.3 Å². The van der Waals surface area contributed by atoms with Crippen molar-refractivity contribution in [3.05, 3.63) is 71.9 Å². The molecule has 2 aromatic carbocycles. The molecule has 2 amide bonds. The maximum absolute atomic E-state index is 12.7. The van der Waals surface area contributed by atoms with Crippen LogP contribution >= 0.6 is 11.6 Å². The number of hydrogen-bond acceptors (Lipinski definition) is 8. The number of anilines is 3. The fraction of sp³-hybridized carbons (Fsp3) is 0.259. The van der Waals surface area contributed by atoms with Gasteiger partial charge in [-0.2, -0.15) is 4.98 Å². The van der Waals surface area contributed by atoms with Crippen molar-refractivity contribution >= 4 is 40.7 Å². The van der Waals surface area contributed by atoms with Gasteiger partial charge in [-0.3, -0.25) is 9.59 Å². The van der Waals surface area contributed by atoms with Gasteiger partial charge in [-0.15, -0.1) is 0 Å². The van der Waals surface area contributed by atoms with Gasteiger partial charge in [0, 0.05) is 37.9 Å². The van der Waals surface area contributed by atoms with E-state index < -0.39 is 0 Å². The van der Waals surface area contributed by atoms with Gasteiger partial charge in [0.2, 0.25) is 23.6 Å². The van der Waals surface area contributed by atoms with Crippen LogP contribution in [0.3, 0.4) is 0 Å². The summed E-state index contributed by atoms with van der Waals surface area (Å²) >= 11 is 6.27. The summed E-state index contributed by atoms with van der Waals surface area (Å²) in [5, 5.41) is 6.00. The first-order valence-corrected chi connectivity index (χ1v) is 12.4. The second-order valence-electron chi connectivity index (χ2n) is 8.69. The first kappa shape index (κ1) is 26.9. The Morgan fingerprint density at radius 3 is 2.68 bits per heavy atom. The Morgan fingerprint density at radius 2 is 1.95 bits per heavy atom. The minimum Gasteiger partial charge on any atom is -0.495 e. The molecule has 2 N–H and O–H groups in total. The van der Waals surface area contributed by atoms with E-state index in [1.165, 1.54) is 12.3 Å². The molecule has 0 aliphatic carbocycles. The lowest BCUT2D eigenvalue weighted by atomic mass is 10.1. The Bertz CT molecular complexity index is 1330. The summed E-state index contributed by atoms with van der Waals surface area (Å²) in [7, 11) is 3.61. The van der Waals surface area contributed by atoms with Gasteiger partial charge in [0.1, 0.15) is 16.5 Å². The highest BCUT2D eigenvalue weighted by molar-refractivity contribution is 6.31. The second-order valence-corrected chi connectivity index (χ2v) is 9.10. The molecule has 38 heavy (non-hydrogen) atoms. The zero-order valence-corrected chi connectivity index (χ0v) is 22.0. The summed E-state index contributed by atoms with van der Waals surface area (Å²) in [5.41, 5.74) is 2.00. The Labute approximate surface area is 226 Å². The molecule has 1 fully saturated rings. The molecule has 0 radical (unpaired) electrons. The molecular formula is C27H29ClN6O4. The zero-order chi connectivity index (χ0) is 27.1. The third kappa shape index (κ3) is 6.99. The first-order chi connectivity index (χ1) is 18.3. The predicted octanol–water partition coefficient (Wildman–Crippen LogP) is 4.12. The van der Waals surface area contributed by atoms with Gasteiger partial charge in [0.25, 0.3) is 0 Å². The molecule has 10 nitrogen and oxygen atoms in total. The van der Waals surface area contributed by atoms with E-state index >= 15 is 0 Å². The van der Waals surface area contributed by atoms with Crippen molar-refractivity contribution in [2.24, 2.45) is 0 Å². The third-order valence-corrected chi connectivity index (χ3v) is 6.20. The molecule has 198 valence electrons. The van der Waals surface area contributed by atoms with Gasteiger partial charge >= 0.3 is 0 Å². The van der Waals surface area contributed by atoms with Gasteiger partial charge in [0.15, 0.2) is 0 Å². The molecule has 3 aromatic rings. The number of halogens is 1. The predicted molar refractivity (Wildman–Crippen MR) is 146 cm³/mol. The normalized spacial score (nSPS) is 13.5. The number of nitrogens with one attached hydrogen (secondary N) is 2. The van der Waals surface area contributed by atoms with Crippen LogP contribution in [0.4, 0.5) is 17.3 Å². The van der Waals surface area contributed by atoms with Gasteiger partial charge in [-0.05, 0) is 43.0 Å². The lowest BCUT2D eigenvalue weighted by Crippen LogP contribution is -2.47. The van der Waals surface area contributed by atoms with Crippen LogP contribution in [0.5, 0.6) is 17.4 Å². The van der Waals surface area contributed by atoms with Gasteiger partial charge in [0.05, 0.1) is 25.4 Å². The quantitative estimate of drug-likeness (QED) is 0.393. The first-order valence-electron chi connectivity index (χ1n) is 12.0. The van der Waals surface area contributed by atoms with Crippen molar-refractivity contribution in [2.45, 2.75) is 6.42 Å². The van der Waals surface area contributed by atoms with Gasteiger partial charge < -0.3 is 29.9 Å². The number of hydrogen-bond donors (Lipinski definition) is 2. The zero-order valence-electron chi connectivity index (χ0n) is 21.2. The van der Waals surface area contributed by atoms with Crippen LogP contribution < -0.4 is 20.1 Å². The minimum absolute atomic E-state index is 0.0943. The number of carbonyl (C=O) groups is 2. The highest BCUT2D eigenvalue weighted by atomic mass is 35.5. The maximum atomic E-state index is 12.7. The van der Waals surface area contributed by atoms with E-state index in [9.17, 15) is 9.59 Å². The van der Waals surface area contributed by atoms with Crippen LogP contribution in [0, 0.1) is 0 Å². The van der Waals surface area contributed by atoms with E-state index in [0.717, 1.165) is 31.7 Å². The Balaban J connectivity index is 1.46. The van der Waals surface area contributed by atoms with E-state index in [1.807, 2.05) is 23.1 Å². The van der Waals surface area contributed by atoms with Crippen molar-refractivity contribution in [1.82, 2.24) is 19.8 Å². The number of rotatable bonds is 9. The number of ether oxygens (including phenoxy) is 2. The Kier molecular flexibility index (Phi) is 8.77.